The van der Waals surface area contributed by atoms with E-state index in [2.05, 4.69) is 5.32 Å². The first-order valence-electron chi connectivity index (χ1n) is 4.70. The summed E-state index contributed by atoms with van der Waals surface area (Å²) >= 11 is 0. The van der Waals surface area contributed by atoms with Gasteiger partial charge in [0.1, 0.15) is 6.10 Å². The average molecular weight is 218 g/mol. The van der Waals surface area contributed by atoms with Gasteiger partial charge >= 0.3 is 0 Å². The molecule has 2 unspecified atom stereocenters. The Morgan fingerprint density at radius 3 is 2.60 bits per heavy atom. The minimum Gasteiger partial charge on any atom is -0.384 e. The maximum atomic E-state index is 11.2. The van der Waals surface area contributed by atoms with E-state index >= 15 is 0 Å². The van der Waals surface area contributed by atoms with Gasteiger partial charge in [0, 0.05) is 20.1 Å². The smallest absolute Gasteiger partial charge is 0.248 e. The van der Waals surface area contributed by atoms with Gasteiger partial charge in [-0.2, -0.15) is 0 Å². The van der Waals surface area contributed by atoms with Crippen LogP contribution >= 0.6 is 0 Å². The fourth-order valence-corrected chi connectivity index (χ4v) is 1.04. The number of carbonyl (C=O) groups is 2. The standard InChI is InChI=1S/C9H18N2O4/c1-6(5-15-2)3-8(13)11-4-7(12)9(10)14/h6-7,12H,3-5H2,1-2H3,(H2,10,14)(H,11,13). The van der Waals surface area contributed by atoms with E-state index in [1.165, 1.54) is 0 Å². The molecular formula is C9H18N2O4. The molecule has 2 amide bonds. The summed E-state index contributed by atoms with van der Waals surface area (Å²) in [7, 11) is 1.56. The van der Waals surface area contributed by atoms with E-state index in [9.17, 15) is 9.59 Å². The molecule has 0 fully saturated rings. The monoisotopic (exact) mass is 218 g/mol. The molecule has 0 saturated carbocycles. The predicted molar refractivity (Wildman–Crippen MR) is 53.9 cm³/mol. The number of aliphatic hydroxyl groups is 1. The Bertz CT molecular complexity index is 220. The van der Waals surface area contributed by atoms with Crippen LogP contribution < -0.4 is 11.1 Å². The van der Waals surface area contributed by atoms with Crippen molar-refractivity contribution in [3.63, 3.8) is 0 Å². The lowest BCUT2D eigenvalue weighted by Crippen LogP contribution is -2.40. The van der Waals surface area contributed by atoms with Gasteiger partial charge < -0.3 is 20.9 Å². The van der Waals surface area contributed by atoms with Crippen molar-refractivity contribution in [1.82, 2.24) is 5.32 Å². The molecule has 0 bridgehead atoms. The molecular weight excluding hydrogens is 200 g/mol. The van der Waals surface area contributed by atoms with Gasteiger partial charge in [-0.3, -0.25) is 9.59 Å². The normalized spacial score (nSPS) is 14.3. The Hall–Kier alpha value is -1.14. The molecule has 4 N–H and O–H groups in total. The zero-order chi connectivity index (χ0) is 11.8. The number of hydrogen-bond acceptors (Lipinski definition) is 4. The van der Waals surface area contributed by atoms with Crippen LogP contribution in [0.2, 0.25) is 0 Å². The van der Waals surface area contributed by atoms with Crippen molar-refractivity contribution in [3.8, 4) is 0 Å². The molecule has 0 aromatic heterocycles. The lowest BCUT2D eigenvalue weighted by Gasteiger charge is -2.11. The van der Waals surface area contributed by atoms with E-state index in [1.807, 2.05) is 6.92 Å². The second-order valence-corrected chi connectivity index (χ2v) is 3.49. The molecule has 6 nitrogen and oxygen atoms in total. The minimum absolute atomic E-state index is 0.0979. The van der Waals surface area contributed by atoms with Gasteiger partial charge in [-0.1, -0.05) is 6.92 Å². The highest BCUT2D eigenvalue weighted by atomic mass is 16.5. The molecule has 0 aliphatic carbocycles. The first kappa shape index (κ1) is 13.9. The van der Waals surface area contributed by atoms with Crippen LogP contribution in [0.25, 0.3) is 0 Å². The van der Waals surface area contributed by atoms with Gasteiger partial charge in [-0.15, -0.1) is 0 Å². The number of rotatable bonds is 7. The van der Waals surface area contributed by atoms with Gasteiger partial charge in [-0.25, -0.2) is 0 Å². The molecule has 0 rings (SSSR count). The number of carbonyl (C=O) groups excluding carboxylic acids is 2. The molecule has 0 radical (unpaired) electrons. The molecule has 0 heterocycles. The van der Waals surface area contributed by atoms with Gasteiger partial charge in [0.2, 0.25) is 11.8 Å². The molecule has 0 aromatic rings. The lowest BCUT2D eigenvalue weighted by molar-refractivity contribution is -0.127. The average Bonchev–Trinajstić information content (AvgIpc) is 2.14. The van der Waals surface area contributed by atoms with Gasteiger partial charge in [-0.05, 0) is 5.92 Å². The van der Waals surface area contributed by atoms with E-state index in [4.69, 9.17) is 15.6 Å². The summed E-state index contributed by atoms with van der Waals surface area (Å²) < 4.78 is 4.86. The van der Waals surface area contributed by atoms with Crippen molar-refractivity contribution in [2.75, 3.05) is 20.3 Å². The summed E-state index contributed by atoms with van der Waals surface area (Å²) in [5, 5.41) is 11.4. The topological polar surface area (TPSA) is 102 Å². The van der Waals surface area contributed by atoms with E-state index < -0.39 is 12.0 Å². The van der Waals surface area contributed by atoms with Crippen LogP contribution in [0, 0.1) is 5.92 Å². The fraction of sp³-hybridized carbons (Fsp3) is 0.778. The SMILES string of the molecule is COCC(C)CC(=O)NCC(O)C(N)=O. The third-order valence-corrected chi connectivity index (χ3v) is 1.81. The van der Waals surface area contributed by atoms with Crippen molar-refractivity contribution < 1.29 is 19.4 Å². The number of nitrogens with two attached hydrogens (primary N) is 1. The summed E-state index contributed by atoms with van der Waals surface area (Å²) in [4.78, 5) is 21.7. The second-order valence-electron chi connectivity index (χ2n) is 3.49. The zero-order valence-electron chi connectivity index (χ0n) is 9.03. The van der Waals surface area contributed by atoms with Crippen molar-refractivity contribution in [1.29, 1.82) is 0 Å². The number of primary amides is 1. The van der Waals surface area contributed by atoms with Gasteiger partial charge in [0.05, 0.1) is 6.54 Å². The Balaban J connectivity index is 3.70. The largest absolute Gasteiger partial charge is 0.384 e. The first-order chi connectivity index (χ1) is 6.97. The Morgan fingerprint density at radius 2 is 2.13 bits per heavy atom. The van der Waals surface area contributed by atoms with E-state index in [0.717, 1.165) is 0 Å². The summed E-state index contributed by atoms with van der Waals surface area (Å²) in [5.41, 5.74) is 4.81. The van der Waals surface area contributed by atoms with Crippen molar-refractivity contribution in [2.24, 2.45) is 11.7 Å². The molecule has 0 aromatic carbocycles. The van der Waals surface area contributed by atoms with Crippen LogP contribution in [0.1, 0.15) is 13.3 Å². The first-order valence-corrected chi connectivity index (χ1v) is 4.70. The molecule has 0 aliphatic rings. The van der Waals surface area contributed by atoms with Crippen LogP contribution in [-0.2, 0) is 14.3 Å². The fourth-order valence-electron chi connectivity index (χ4n) is 1.04. The molecule has 6 heteroatoms. The number of methoxy groups -OCH3 is 1. The Morgan fingerprint density at radius 1 is 1.53 bits per heavy atom. The van der Waals surface area contributed by atoms with Crippen molar-refractivity contribution in [2.45, 2.75) is 19.4 Å². The maximum absolute atomic E-state index is 11.2. The van der Waals surface area contributed by atoms with Gasteiger partial charge in [0.25, 0.3) is 0 Å². The summed E-state index contributed by atoms with van der Waals surface area (Å²) in [6, 6.07) is 0. The van der Waals surface area contributed by atoms with E-state index in [-0.39, 0.29) is 18.4 Å². The maximum Gasteiger partial charge on any atom is 0.248 e. The quantitative estimate of drug-likeness (QED) is 0.490. The number of ether oxygens (including phenoxy) is 1. The zero-order valence-corrected chi connectivity index (χ0v) is 9.03. The molecule has 2 atom stereocenters. The molecule has 0 aliphatic heterocycles. The molecule has 88 valence electrons. The van der Waals surface area contributed by atoms with Crippen molar-refractivity contribution in [3.05, 3.63) is 0 Å². The second kappa shape index (κ2) is 7.19. The van der Waals surface area contributed by atoms with Crippen molar-refractivity contribution >= 4 is 11.8 Å². The molecule has 15 heavy (non-hydrogen) atoms. The molecule has 0 saturated heterocycles. The third kappa shape index (κ3) is 6.87. The Kier molecular flexibility index (Phi) is 6.64. The molecule has 0 spiro atoms. The third-order valence-electron chi connectivity index (χ3n) is 1.81. The van der Waals surface area contributed by atoms with Crippen LogP contribution in [0.5, 0.6) is 0 Å². The number of nitrogens with one attached hydrogen (secondary N) is 1. The number of amides is 2. The van der Waals surface area contributed by atoms with Crippen LogP contribution in [-0.4, -0.2) is 43.3 Å². The summed E-state index contributed by atoms with van der Waals surface area (Å²) in [6.45, 7) is 2.22. The van der Waals surface area contributed by atoms with Crippen LogP contribution in [0.3, 0.4) is 0 Å². The minimum atomic E-state index is -1.33. The Labute approximate surface area is 88.8 Å². The van der Waals surface area contributed by atoms with Crippen LogP contribution in [0.15, 0.2) is 0 Å². The summed E-state index contributed by atoms with van der Waals surface area (Å²) in [5.74, 6) is -0.985. The predicted octanol–water partition coefficient (Wildman–Crippen LogP) is -1.38. The van der Waals surface area contributed by atoms with E-state index in [0.29, 0.717) is 13.0 Å². The highest BCUT2D eigenvalue weighted by Crippen LogP contribution is 2.01. The lowest BCUT2D eigenvalue weighted by atomic mass is 10.1. The van der Waals surface area contributed by atoms with E-state index in [1.54, 1.807) is 7.11 Å². The number of aliphatic hydroxyl groups excluding tert-OH is 1. The highest BCUT2D eigenvalue weighted by molar-refractivity contribution is 5.80. The van der Waals surface area contributed by atoms with Gasteiger partial charge in [0.15, 0.2) is 0 Å². The number of hydrogen-bond donors (Lipinski definition) is 3. The highest BCUT2D eigenvalue weighted by Gasteiger charge is 2.13. The van der Waals surface area contributed by atoms with Crippen LogP contribution in [0.4, 0.5) is 0 Å². The summed E-state index contributed by atoms with van der Waals surface area (Å²) in [6.07, 6.45) is -1.04.